The van der Waals surface area contributed by atoms with E-state index in [1.54, 1.807) is 25.3 Å². The molecule has 96 valence electrons. The number of ether oxygens (including phenoxy) is 1. The lowest BCUT2D eigenvalue weighted by atomic mass is 10.2. The smallest absolute Gasteiger partial charge is 0.341 e. The monoisotopic (exact) mass is 250 g/mol. The number of methoxy groups -OCH3 is 1. The average Bonchev–Trinajstić information content (AvgIpc) is 2.98. The highest BCUT2D eigenvalue weighted by molar-refractivity contribution is 5.90. The van der Waals surface area contributed by atoms with Crippen molar-refractivity contribution in [2.75, 3.05) is 7.11 Å². The number of hydrogen-bond donors (Lipinski definition) is 1. The van der Waals surface area contributed by atoms with Gasteiger partial charge >= 0.3 is 5.97 Å². The summed E-state index contributed by atoms with van der Waals surface area (Å²) in [6.45, 7) is 2.78. The van der Waals surface area contributed by atoms with Crippen molar-refractivity contribution in [1.82, 2.24) is 10.5 Å². The lowest BCUT2D eigenvalue weighted by Gasteiger charge is -1.98. The van der Waals surface area contributed by atoms with Gasteiger partial charge in [-0.05, 0) is 13.0 Å². The first-order valence-corrected chi connectivity index (χ1v) is 5.48. The molecule has 2 aromatic rings. The number of hydrogen-bond acceptors (Lipinski definition) is 6. The van der Waals surface area contributed by atoms with Crippen LogP contribution in [0.15, 0.2) is 27.3 Å². The van der Waals surface area contributed by atoms with Crippen molar-refractivity contribution < 1.29 is 18.5 Å². The molecule has 0 radical (unpaired) electrons. The molecule has 0 saturated carbocycles. The van der Waals surface area contributed by atoms with Crippen molar-refractivity contribution in [3.63, 3.8) is 0 Å². The van der Waals surface area contributed by atoms with Crippen LogP contribution < -0.4 is 5.32 Å². The van der Waals surface area contributed by atoms with Crippen LogP contribution in [-0.2, 0) is 17.8 Å². The number of furan rings is 1. The molecule has 0 aliphatic rings. The molecule has 0 aromatic carbocycles. The lowest BCUT2D eigenvalue weighted by Crippen LogP contribution is -2.11. The van der Waals surface area contributed by atoms with Gasteiger partial charge in [0.25, 0.3) is 0 Å². The Morgan fingerprint density at radius 2 is 2.22 bits per heavy atom. The van der Waals surface area contributed by atoms with Crippen LogP contribution in [0.4, 0.5) is 0 Å². The molecule has 0 aliphatic heterocycles. The number of carbonyl (C=O) groups excluding carboxylic acids is 1. The first kappa shape index (κ1) is 12.4. The van der Waals surface area contributed by atoms with Crippen LogP contribution in [0.1, 0.15) is 27.6 Å². The molecule has 0 unspecified atom stereocenters. The Morgan fingerprint density at radius 1 is 1.44 bits per heavy atom. The molecule has 18 heavy (non-hydrogen) atoms. The summed E-state index contributed by atoms with van der Waals surface area (Å²) >= 11 is 0. The molecule has 0 saturated heterocycles. The van der Waals surface area contributed by atoms with Gasteiger partial charge in [0.1, 0.15) is 22.8 Å². The van der Waals surface area contributed by atoms with Gasteiger partial charge in [0.05, 0.1) is 26.4 Å². The minimum atomic E-state index is -0.391. The molecule has 0 spiro atoms. The average molecular weight is 250 g/mol. The summed E-state index contributed by atoms with van der Waals surface area (Å²) in [7, 11) is 1.34. The Kier molecular flexibility index (Phi) is 3.78. The van der Waals surface area contributed by atoms with Gasteiger partial charge in [0, 0.05) is 6.07 Å². The molecule has 6 nitrogen and oxygen atoms in total. The van der Waals surface area contributed by atoms with Crippen molar-refractivity contribution in [2.24, 2.45) is 0 Å². The maximum Gasteiger partial charge on any atom is 0.341 e. The molecule has 1 N–H and O–H groups in total. The highest BCUT2D eigenvalue weighted by Gasteiger charge is 2.14. The van der Waals surface area contributed by atoms with Crippen molar-refractivity contribution in [1.29, 1.82) is 0 Å². The normalized spacial score (nSPS) is 10.6. The van der Waals surface area contributed by atoms with Gasteiger partial charge in [-0.15, -0.1) is 0 Å². The van der Waals surface area contributed by atoms with E-state index in [0.29, 0.717) is 30.2 Å². The Labute approximate surface area is 104 Å². The Balaban J connectivity index is 1.92. The zero-order valence-corrected chi connectivity index (χ0v) is 10.2. The summed E-state index contributed by atoms with van der Waals surface area (Å²) in [5.41, 5.74) is 0.453. The number of aromatic nitrogens is 1. The maximum absolute atomic E-state index is 11.4. The molecule has 6 heteroatoms. The summed E-state index contributed by atoms with van der Waals surface area (Å²) in [6.07, 6.45) is 1.59. The van der Waals surface area contributed by atoms with E-state index in [4.69, 9.17) is 8.94 Å². The highest BCUT2D eigenvalue weighted by atomic mass is 16.5. The van der Waals surface area contributed by atoms with Crippen molar-refractivity contribution in [3.05, 3.63) is 41.2 Å². The van der Waals surface area contributed by atoms with E-state index < -0.39 is 5.97 Å². The van der Waals surface area contributed by atoms with Crippen LogP contribution in [0.5, 0.6) is 0 Å². The Hall–Kier alpha value is -2.08. The number of aryl methyl sites for hydroxylation is 1. The molecule has 0 aliphatic carbocycles. The number of esters is 1. The minimum Gasteiger partial charge on any atom is -0.465 e. The number of nitrogens with one attached hydrogen (secondary N) is 1. The first-order valence-electron chi connectivity index (χ1n) is 5.48. The van der Waals surface area contributed by atoms with Crippen molar-refractivity contribution >= 4 is 5.97 Å². The second-order valence-electron chi connectivity index (χ2n) is 3.76. The van der Waals surface area contributed by atoms with Crippen LogP contribution in [0.25, 0.3) is 0 Å². The fourth-order valence-electron chi connectivity index (χ4n) is 1.59. The predicted octanol–water partition coefficient (Wildman–Crippen LogP) is 1.65. The van der Waals surface area contributed by atoms with Crippen molar-refractivity contribution in [3.8, 4) is 0 Å². The van der Waals surface area contributed by atoms with Gasteiger partial charge in [0.2, 0.25) is 0 Å². The van der Waals surface area contributed by atoms with E-state index >= 15 is 0 Å². The van der Waals surface area contributed by atoms with E-state index in [2.05, 4.69) is 15.2 Å². The van der Waals surface area contributed by atoms with Gasteiger partial charge in [-0.25, -0.2) is 4.79 Å². The van der Waals surface area contributed by atoms with Crippen LogP contribution in [0.3, 0.4) is 0 Å². The van der Waals surface area contributed by atoms with E-state index in [-0.39, 0.29) is 0 Å². The summed E-state index contributed by atoms with van der Waals surface area (Å²) < 4.78 is 15.0. The summed E-state index contributed by atoms with van der Waals surface area (Å²) in [6, 6.07) is 3.45. The number of nitrogens with zero attached hydrogens (tertiary/aromatic N) is 1. The van der Waals surface area contributed by atoms with Crippen LogP contribution in [0.2, 0.25) is 0 Å². The van der Waals surface area contributed by atoms with Crippen LogP contribution in [0, 0.1) is 6.92 Å². The molecule has 0 fully saturated rings. The summed E-state index contributed by atoms with van der Waals surface area (Å²) in [5, 5.41) is 6.72. The van der Waals surface area contributed by atoms with Gasteiger partial charge in [-0.3, -0.25) is 0 Å². The topological polar surface area (TPSA) is 77.5 Å². The zero-order valence-electron chi connectivity index (χ0n) is 10.2. The van der Waals surface area contributed by atoms with Gasteiger partial charge in [-0.2, -0.15) is 0 Å². The second kappa shape index (κ2) is 5.50. The van der Waals surface area contributed by atoms with Gasteiger partial charge in [-0.1, -0.05) is 5.16 Å². The molecular weight excluding hydrogens is 236 g/mol. The lowest BCUT2D eigenvalue weighted by molar-refractivity contribution is 0.0599. The second-order valence-corrected chi connectivity index (χ2v) is 3.76. The van der Waals surface area contributed by atoms with E-state index in [1.807, 2.05) is 0 Å². The summed E-state index contributed by atoms with van der Waals surface area (Å²) in [4.78, 5) is 11.4. The minimum absolute atomic E-state index is 0.391. The standard InChI is InChI=1S/C12H14N2O4/c1-8-11(12(15)16-2)5-10(17-8)7-13-6-9-3-4-14-18-9/h3-5,13H,6-7H2,1-2H3. The van der Waals surface area contributed by atoms with E-state index in [0.717, 1.165) is 5.76 Å². The summed E-state index contributed by atoms with van der Waals surface area (Å²) in [5.74, 6) is 1.58. The Bertz CT molecular complexity index is 516. The SMILES string of the molecule is COC(=O)c1cc(CNCc2ccno2)oc1C. The third kappa shape index (κ3) is 2.78. The molecule has 0 amide bonds. The van der Waals surface area contributed by atoms with Crippen LogP contribution >= 0.6 is 0 Å². The third-order valence-electron chi connectivity index (χ3n) is 2.46. The molecule has 2 rings (SSSR count). The zero-order chi connectivity index (χ0) is 13.0. The Morgan fingerprint density at radius 3 is 2.89 bits per heavy atom. The van der Waals surface area contributed by atoms with E-state index in [1.165, 1.54) is 7.11 Å². The largest absolute Gasteiger partial charge is 0.465 e. The third-order valence-corrected chi connectivity index (χ3v) is 2.46. The number of carbonyl (C=O) groups is 1. The molecule has 2 aromatic heterocycles. The first-order chi connectivity index (χ1) is 8.70. The van der Waals surface area contributed by atoms with Gasteiger partial charge < -0.3 is 19.0 Å². The maximum atomic E-state index is 11.4. The highest BCUT2D eigenvalue weighted by Crippen LogP contribution is 2.15. The quantitative estimate of drug-likeness (QED) is 0.813. The number of rotatable bonds is 5. The molecule has 0 atom stereocenters. The molecular formula is C12H14N2O4. The molecule has 2 heterocycles. The predicted molar refractivity (Wildman–Crippen MR) is 61.8 cm³/mol. The van der Waals surface area contributed by atoms with Crippen molar-refractivity contribution in [2.45, 2.75) is 20.0 Å². The fourth-order valence-corrected chi connectivity index (χ4v) is 1.59. The van der Waals surface area contributed by atoms with E-state index in [9.17, 15) is 4.79 Å². The van der Waals surface area contributed by atoms with Gasteiger partial charge in [0.15, 0.2) is 0 Å². The fraction of sp³-hybridized carbons (Fsp3) is 0.333. The molecule has 0 bridgehead atoms. The van der Waals surface area contributed by atoms with Crippen LogP contribution in [-0.4, -0.2) is 18.2 Å².